The van der Waals surface area contributed by atoms with E-state index in [1.54, 1.807) is 0 Å². The third-order valence-electron chi connectivity index (χ3n) is 4.29. The van der Waals surface area contributed by atoms with Crippen LogP contribution in [0.5, 0.6) is 0 Å². The summed E-state index contributed by atoms with van der Waals surface area (Å²) in [6, 6.07) is 4.90. The van der Waals surface area contributed by atoms with Gasteiger partial charge in [-0.1, -0.05) is 39.7 Å². The van der Waals surface area contributed by atoms with E-state index in [4.69, 9.17) is 0 Å². The average Bonchev–Trinajstić information content (AvgIpc) is 2.51. The van der Waals surface area contributed by atoms with E-state index in [9.17, 15) is 0 Å². The molecule has 0 spiro atoms. The van der Waals surface area contributed by atoms with Crippen molar-refractivity contribution in [3.63, 3.8) is 0 Å². The fraction of sp³-hybridized carbons (Fsp3) is 0.722. The number of nitrogens with zero attached hydrogens (tertiary/aromatic N) is 2. The maximum atomic E-state index is 4.60. The van der Waals surface area contributed by atoms with Crippen LogP contribution < -0.4 is 5.32 Å². The summed E-state index contributed by atoms with van der Waals surface area (Å²) in [5, 5.41) is 3.55. The second-order valence-corrected chi connectivity index (χ2v) is 6.62. The minimum absolute atomic E-state index is 0.550. The number of nitrogens with one attached hydrogen (secondary N) is 1. The molecule has 0 aliphatic carbocycles. The third kappa shape index (κ3) is 4.70. The Hall–Kier alpha value is -1.09. The van der Waals surface area contributed by atoms with Crippen molar-refractivity contribution in [2.24, 2.45) is 5.92 Å². The second-order valence-electron chi connectivity index (χ2n) is 6.62. The number of unbranched alkanes of at least 4 members (excludes halogenated alkanes) is 1. The monoisotopic (exact) mass is 289 g/mol. The van der Waals surface area contributed by atoms with Crippen LogP contribution in [0.25, 0.3) is 0 Å². The van der Waals surface area contributed by atoms with Gasteiger partial charge in [0.2, 0.25) is 0 Å². The highest BCUT2D eigenvalue weighted by atomic mass is 15.2. The molecule has 1 aromatic rings. The first kappa shape index (κ1) is 16.3. The van der Waals surface area contributed by atoms with Gasteiger partial charge in [0.25, 0.3) is 0 Å². The zero-order valence-corrected chi connectivity index (χ0v) is 13.9. The zero-order chi connectivity index (χ0) is 15.1. The Balaban J connectivity index is 2.13. The first-order chi connectivity index (χ1) is 10.2. The lowest BCUT2D eigenvalue weighted by atomic mass is 9.95. The third-order valence-corrected chi connectivity index (χ3v) is 4.29. The zero-order valence-electron chi connectivity index (χ0n) is 13.9. The normalized spacial score (nSPS) is 19.9. The summed E-state index contributed by atoms with van der Waals surface area (Å²) in [4.78, 5) is 7.27. The van der Waals surface area contributed by atoms with Crippen LogP contribution in [0.4, 0.5) is 5.82 Å². The van der Waals surface area contributed by atoms with Gasteiger partial charge in [-0.25, -0.2) is 4.98 Å². The number of piperidine rings is 1. The summed E-state index contributed by atoms with van der Waals surface area (Å²) >= 11 is 0. The Morgan fingerprint density at radius 2 is 2.24 bits per heavy atom. The van der Waals surface area contributed by atoms with Crippen molar-refractivity contribution in [1.82, 2.24) is 9.88 Å². The van der Waals surface area contributed by atoms with E-state index >= 15 is 0 Å². The van der Waals surface area contributed by atoms with Crippen LogP contribution in [0.1, 0.15) is 64.5 Å². The lowest BCUT2D eigenvalue weighted by Crippen LogP contribution is -2.34. The van der Waals surface area contributed by atoms with Crippen LogP contribution in [0.2, 0.25) is 0 Å². The predicted molar refractivity (Wildman–Crippen MR) is 90.6 cm³/mol. The number of likely N-dealkylation sites (tertiary alicyclic amines) is 1. The molecule has 0 aromatic carbocycles. The van der Waals surface area contributed by atoms with Crippen LogP contribution in [-0.2, 0) is 0 Å². The van der Waals surface area contributed by atoms with Crippen LogP contribution in [-0.4, -0.2) is 29.5 Å². The van der Waals surface area contributed by atoms with E-state index in [0.29, 0.717) is 12.0 Å². The van der Waals surface area contributed by atoms with E-state index in [2.05, 4.69) is 48.1 Å². The van der Waals surface area contributed by atoms with E-state index in [-0.39, 0.29) is 0 Å². The highest BCUT2D eigenvalue weighted by Gasteiger charge is 2.25. The standard InChI is InChI=1S/C18H31N3/c1-4-5-12-21-13-7-6-10-17(21)16-9-8-11-19-18(16)20-14-15(2)3/h8-9,11,15,17H,4-7,10,12-14H2,1-3H3,(H,19,20)/t17-/m0/s1. The van der Waals surface area contributed by atoms with Crippen molar-refractivity contribution < 1.29 is 0 Å². The van der Waals surface area contributed by atoms with Crippen molar-refractivity contribution >= 4 is 5.82 Å². The molecule has 0 radical (unpaired) electrons. The maximum absolute atomic E-state index is 4.60. The SMILES string of the molecule is CCCCN1CCCC[C@H]1c1cccnc1NCC(C)C. The number of aromatic nitrogens is 1. The Morgan fingerprint density at radius 3 is 3.00 bits per heavy atom. The fourth-order valence-corrected chi connectivity index (χ4v) is 3.11. The molecule has 0 unspecified atom stereocenters. The molecule has 1 aliphatic heterocycles. The molecule has 118 valence electrons. The summed E-state index contributed by atoms with van der Waals surface area (Å²) in [5.41, 5.74) is 1.40. The van der Waals surface area contributed by atoms with Crippen LogP contribution in [0.15, 0.2) is 18.3 Å². The van der Waals surface area contributed by atoms with Gasteiger partial charge in [0.1, 0.15) is 5.82 Å². The topological polar surface area (TPSA) is 28.2 Å². The average molecular weight is 289 g/mol. The molecular weight excluding hydrogens is 258 g/mol. The molecule has 21 heavy (non-hydrogen) atoms. The Kier molecular flexibility index (Phi) is 6.50. The molecule has 2 heterocycles. The molecule has 0 bridgehead atoms. The van der Waals surface area contributed by atoms with Crippen molar-refractivity contribution in [3.8, 4) is 0 Å². The minimum atomic E-state index is 0.550. The summed E-state index contributed by atoms with van der Waals surface area (Å²) in [6.45, 7) is 10.2. The molecule has 3 nitrogen and oxygen atoms in total. The van der Waals surface area contributed by atoms with Crippen LogP contribution >= 0.6 is 0 Å². The van der Waals surface area contributed by atoms with Gasteiger partial charge in [0.05, 0.1) is 0 Å². The maximum Gasteiger partial charge on any atom is 0.130 e. The first-order valence-electron chi connectivity index (χ1n) is 8.65. The predicted octanol–water partition coefficient (Wildman–Crippen LogP) is 4.48. The van der Waals surface area contributed by atoms with Crippen molar-refractivity contribution in [2.45, 2.75) is 58.9 Å². The lowest BCUT2D eigenvalue weighted by Gasteiger charge is -2.36. The van der Waals surface area contributed by atoms with Crippen molar-refractivity contribution in [1.29, 1.82) is 0 Å². The molecule has 3 heteroatoms. The van der Waals surface area contributed by atoms with Gasteiger partial charge in [-0.05, 0) is 44.3 Å². The molecule has 1 aliphatic rings. The van der Waals surface area contributed by atoms with E-state index in [1.165, 1.54) is 50.8 Å². The molecule has 1 aromatic heterocycles. The number of hydrogen-bond acceptors (Lipinski definition) is 3. The van der Waals surface area contributed by atoms with E-state index in [0.717, 1.165) is 12.4 Å². The minimum Gasteiger partial charge on any atom is -0.370 e. The number of rotatable bonds is 7. The first-order valence-corrected chi connectivity index (χ1v) is 8.65. The highest BCUT2D eigenvalue weighted by Crippen LogP contribution is 2.34. The molecule has 1 saturated heterocycles. The lowest BCUT2D eigenvalue weighted by molar-refractivity contribution is 0.147. The Bertz CT molecular complexity index is 417. The molecule has 0 saturated carbocycles. The summed E-state index contributed by atoms with van der Waals surface area (Å²) < 4.78 is 0. The van der Waals surface area contributed by atoms with Gasteiger partial charge < -0.3 is 5.32 Å². The van der Waals surface area contributed by atoms with Gasteiger partial charge in [0, 0.05) is 24.3 Å². The summed E-state index contributed by atoms with van der Waals surface area (Å²) in [7, 11) is 0. The molecular formula is C18H31N3. The van der Waals surface area contributed by atoms with E-state index in [1.807, 2.05) is 6.20 Å². The smallest absolute Gasteiger partial charge is 0.130 e. The van der Waals surface area contributed by atoms with Gasteiger partial charge in [-0.3, -0.25) is 4.90 Å². The van der Waals surface area contributed by atoms with Gasteiger partial charge in [-0.2, -0.15) is 0 Å². The Morgan fingerprint density at radius 1 is 1.38 bits per heavy atom. The van der Waals surface area contributed by atoms with Gasteiger partial charge in [0.15, 0.2) is 0 Å². The Labute approximate surface area is 130 Å². The van der Waals surface area contributed by atoms with E-state index < -0.39 is 0 Å². The van der Waals surface area contributed by atoms with Crippen LogP contribution in [0.3, 0.4) is 0 Å². The molecule has 2 rings (SSSR count). The summed E-state index contributed by atoms with van der Waals surface area (Å²) in [6.07, 6.45) is 8.43. The molecule has 1 atom stereocenters. The second kappa shape index (κ2) is 8.38. The highest BCUT2D eigenvalue weighted by molar-refractivity contribution is 5.45. The summed E-state index contributed by atoms with van der Waals surface area (Å²) in [5.74, 6) is 1.74. The fourth-order valence-electron chi connectivity index (χ4n) is 3.11. The van der Waals surface area contributed by atoms with Gasteiger partial charge >= 0.3 is 0 Å². The largest absolute Gasteiger partial charge is 0.370 e. The van der Waals surface area contributed by atoms with Crippen molar-refractivity contribution in [3.05, 3.63) is 23.9 Å². The molecule has 1 fully saturated rings. The number of anilines is 1. The molecule has 1 N–H and O–H groups in total. The van der Waals surface area contributed by atoms with Crippen LogP contribution in [0, 0.1) is 5.92 Å². The number of pyridine rings is 1. The van der Waals surface area contributed by atoms with Crippen molar-refractivity contribution in [2.75, 3.05) is 25.0 Å². The van der Waals surface area contributed by atoms with Gasteiger partial charge in [-0.15, -0.1) is 0 Å². The quantitative estimate of drug-likeness (QED) is 0.802. The molecule has 0 amide bonds. The number of hydrogen-bond donors (Lipinski definition) is 1.